The predicted octanol–water partition coefficient (Wildman–Crippen LogP) is 2.65. The third-order valence-electron chi connectivity index (χ3n) is 6.08. The molecule has 0 aromatic carbocycles. The Bertz CT molecular complexity index is 925. The number of rotatable bonds is 4. The normalized spacial score (nSPS) is 20.8. The summed E-state index contributed by atoms with van der Waals surface area (Å²) in [5.41, 5.74) is 3.43. The first-order valence-electron chi connectivity index (χ1n) is 10.4. The Balaban J connectivity index is 1.17. The van der Waals surface area contributed by atoms with Crippen molar-refractivity contribution in [3.8, 4) is 10.4 Å². The zero-order valence-corrected chi connectivity index (χ0v) is 17.5. The highest BCUT2D eigenvalue weighted by Gasteiger charge is 2.30. The first-order valence-corrected chi connectivity index (χ1v) is 11.2. The maximum absolute atomic E-state index is 12.1. The maximum Gasteiger partial charge on any atom is 0.317 e. The molecule has 0 atom stereocenters. The summed E-state index contributed by atoms with van der Waals surface area (Å²) >= 11 is 1.79. The smallest absolute Gasteiger partial charge is 0.317 e. The van der Waals surface area contributed by atoms with E-state index in [1.807, 2.05) is 18.0 Å². The molecule has 2 aromatic heterocycles. The van der Waals surface area contributed by atoms with Gasteiger partial charge in [0, 0.05) is 48.4 Å². The first kappa shape index (κ1) is 18.6. The predicted molar refractivity (Wildman–Crippen MR) is 116 cm³/mol. The van der Waals surface area contributed by atoms with Crippen LogP contribution in [0.5, 0.6) is 0 Å². The molecule has 2 aromatic rings. The van der Waals surface area contributed by atoms with Crippen LogP contribution in [-0.2, 0) is 6.54 Å². The van der Waals surface area contributed by atoms with Crippen molar-refractivity contribution in [2.24, 2.45) is 4.99 Å². The van der Waals surface area contributed by atoms with Crippen LogP contribution in [0.15, 0.2) is 17.3 Å². The topological polar surface area (TPSA) is 88.7 Å². The molecule has 29 heavy (non-hydrogen) atoms. The molecule has 154 valence electrons. The van der Waals surface area contributed by atoms with Gasteiger partial charge in [0.1, 0.15) is 5.84 Å². The summed E-state index contributed by atoms with van der Waals surface area (Å²) in [7, 11) is 0. The monoisotopic (exact) mass is 413 g/mol. The number of aliphatic imine (C=N–C) groups is 1. The molecule has 0 bridgehead atoms. The SMILES string of the molecule is Cc1[nH]ncc1-c1cc2c(s1)CN=C(CN1CCC(N3CCCNC3=O)CC1)N2. The van der Waals surface area contributed by atoms with Crippen molar-refractivity contribution in [3.05, 3.63) is 22.8 Å². The number of urea groups is 1. The molecule has 9 heteroatoms. The molecule has 0 radical (unpaired) electrons. The molecule has 2 saturated heterocycles. The lowest BCUT2D eigenvalue weighted by Crippen LogP contribution is -2.54. The molecule has 3 aliphatic rings. The number of nitrogens with one attached hydrogen (secondary N) is 3. The van der Waals surface area contributed by atoms with Crippen molar-refractivity contribution in [3.63, 3.8) is 0 Å². The van der Waals surface area contributed by atoms with E-state index in [9.17, 15) is 4.79 Å². The fourth-order valence-corrected chi connectivity index (χ4v) is 5.54. The van der Waals surface area contributed by atoms with Crippen molar-refractivity contribution < 1.29 is 4.79 Å². The Hall–Kier alpha value is -2.39. The van der Waals surface area contributed by atoms with E-state index in [-0.39, 0.29) is 6.03 Å². The number of aryl methyl sites for hydroxylation is 1. The maximum atomic E-state index is 12.1. The number of piperidine rings is 1. The van der Waals surface area contributed by atoms with Gasteiger partial charge in [0.25, 0.3) is 0 Å². The summed E-state index contributed by atoms with van der Waals surface area (Å²) in [5, 5.41) is 13.7. The number of H-pyrrole nitrogens is 1. The van der Waals surface area contributed by atoms with E-state index in [1.54, 1.807) is 11.3 Å². The molecular weight excluding hydrogens is 386 g/mol. The highest BCUT2D eigenvalue weighted by atomic mass is 32.1. The van der Waals surface area contributed by atoms with E-state index in [0.717, 1.165) is 75.6 Å². The lowest BCUT2D eigenvalue weighted by Gasteiger charge is -2.40. The second-order valence-corrected chi connectivity index (χ2v) is 9.17. The largest absolute Gasteiger partial charge is 0.342 e. The summed E-state index contributed by atoms with van der Waals surface area (Å²) in [6, 6.07) is 2.70. The van der Waals surface area contributed by atoms with Gasteiger partial charge in [0.05, 0.1) is 29.9 Å². The Labute approximate surface area is 174 Å². The van der Waals surface area contributed by atoms with Gasteiger partial charge in [-0.3, -0.25) is 15.0 Å². The van der Waals surface area contributed by atoms with Gasteiger partial charge in [-0.15, -0.1) is 11.3 Å². The summed E-state index contributed by atoms with van der Waals surface area (Å²) in [6.07, 6.45) is 5.01. The van der Waals surface area contributed by atoms with Gasteiger partial charge in [-0.25, -0.2) is 4.79 Å². The van der Waals surface area contributed by atoms with Crippen LogP contribution < -0.4 is 10.6 Å². The zero-order valence-electron chi connectivity index (χ0n) is 16.7. The Kier molecular flexibility index (Phi) is 5.01. The number of hydrogen-bond donors (Lipinski definition) is 3. The van der Waals surface area contributed by atoms with Crippen molar-refractivity contribution in [2.75, 3.05) is 38.0 Å². The molecule has 0 aliphatic carbocycles. The minimum absolute atomic E-state index is 0.113. The molecule has 5 heterocycles. The number of aromatic amines is 1. The highest BCUT2D eigenvalue weighted by molar-refractivity contribution is 7.16. The third kappa shape index (κ3) is 3.76. The lowest BCUT2D eigenvalue weighted by molar-refractivity contribution is 0.118. The minimum atomic E-state index is 0.113. The van der Waals surface area contributed by atoms with Crippen molar-refractivity contribution in [1.82, 2.24) is 25.3 Å². The van der Waals surface area contributed by atoms with Gasteiger partial charge >= 0.3 is 6.03 Å². The molecule has 0 spiro atoms. The molecule has 2 fully saturated rings. The molecule has 5 rings (SSSR count). The lowest BCUT2D eigenvalue weighted by atomic mass is 10.0. The first-order chi connectivity index (χ1) is 14.2. The summed E-state index contributed by atoms with van der Waals surface area (Å²) in [5.74, 6) is 1.04. The van der Waals surface area contributed by atoms with E-state index in [0.29, 0.717) is 6.04 Å². The van der Waals surface area contributed by atoms with E-state index in [4.69, 9.17) is 4.99 Å². The second kappa shape index (κ2) is 7.79. The fourth-order valence-electron chi connectivity index (χ4n) is 4.43. The summed E-state index contributed by atoms with van der Waals surface area (Å²) < 4.78 is 0. The number of amides is 2. The molecule has 2 amide bonds. The third-order valence-corrected chi connectivity index (χ3v) is 7.23. The number of aromatic nitrogens is 2. The zero-order chi connectivity index (χ0) is 19.8. The number of fused-ring (bicyclic) bond motifs is 1. The molecular formula is C20H27N7OS. The molecule has 8 nitrogen and oxygen atoms in total. The number of thiophene rings is 1. The number of carbonyl (C=O) groups is 1. The van der Waals surface area contributed by atoms with Crippen LogP contribution in [0.1, 0.15) is 29.8 Å². The molecule has 0 saturated carbocycles. The standard InChI is InChI=1S/C20H27N7OS/c1-13-15(10-23-25-13)17-9-16-18(29-17)11-22-19(24-16)12-26-7-3-14(4-8-26)27-6-2-5-21-20(27)28/h9-10,14H,2-8,11-12H2,1H3,(H,21,28)(H,22,24)(H,23,25). The minimum Gasteiger partial charge on any atom is -0.342 e. The van der Waals surface area contributed by atoms with Gasteiger partial charge in [0.15, 0.2) is 0 Å². The van der Waals surface area contributed by atoms with E-state index >= 15 is 0 Å². The van der Waals surface area contributed by atoms with E-state index in [2.05, 4.69) is 31.8 Å². The number of anilines is 1. The van der Waals surface area contributed by atoms with Gasteiger partial charge in [0.2, 0.25) is 0 Å². The van der Waals surface area contributed by atoms with Crippen LogP contribution in [0, 0.1) is 6.92 Å². The van der Waals surface area contributed by atoms with Crippen molar-refractivity contribution in [1.29, 1.82) is 0 Å². The molecule has 0 unspecified atom stereocenters. The average Bonchev–Trinajstić information content (AvgIpc) is 3.34. The van der Waals surface area contributed by atoms with Crippen molar-refractivity contribution in [2.45, 2.75) is 38.8 Å². The number of likely N-dealkylation sites (tertiary alicyclic amines) is 1. The average molecular weight is 414 g/mol. The van der Waals surface area contributed by atoms with Crippen LogP contribution in [-0.4, -0.2) is 70.6 Å². The molecule has 3 N–H and O–H groups in total. The van der Waals surface area contributed by atoms with Crippen LogP contribution in [0.3, 0.4) is 0 Å². The van der Waals surface area contributed by atoms with Crippen molar-refractivity contribution >= 4 is 28.9 Å². The Morgan fingerprint density at radius 2 is 2.14 bits per heavy atom. The van der Waals surface area contributed by atoms with Crippen LogP contribution >= 0.6 is 11.3 Å². The van der Waals surface area contributed by atoms with Crippen LogP contribution in [0.25, 0.3) is 10.4 Å². The Morgan fingerprint density at radius 3 is 2.90 bits per heavy atom. The van der Waals surface area contributed by atoms with Gasteiger partial charge in [-0.05, 0) is 32.3 Å². The number of carbonyl (C=O) groups excluding carboxylic acids is 1. The van der Waals surface area contributed by atoms with E-state index < -0.39 is 0 Å². The van der Waals surface area contributed by atoms with Gasteiger partial charge in [-0.2, -0.15) is 5.10 Å². The quantitative estimate of drug-likeness (QED) is 0.719. The number of amidine groups is 1. The van der Waals surface area contributed by atoms with Gasteiger partial charge in [-0.1, -0.05) is 0 Å². The number of nitrogens with zero attached hydrogens (tertiary/aromatic N) is 4. The highest BCUT2D eigenvalue weighted by Crippen LogP contribution is 2.37. The fraction of sp³-hybridized carbons (Fsp3) is 0.550. The van der Waals surface area contributed by atoms with Crippen LogP contribution in [0.2, 0.25) is 0 Å². The second-order valence-electron chi connectivity index (χ2n) is 8.03. The summed E-state index contributed by atoms with van der Waals surface area (Å²) in [4.78, 5) is 23.9. The summed E-state index contributed by atoms with van der Waals surface area (Å²) in [6.45, 7) is 7.35. The van der Waals surface area contributed by atoms with Crippen LogP contribution in [0.4, 0.5) is 10.5 Å². The molecule has 3 aliphatic heterocycles. The Morgan fingerprint density at radius 1 is 1.28 bits per heavy atom. The van der Waals surface area contributed by atoms with E-state index in [1.165, 1.54) is 15.4 Å². The van der Waals surface area contributed by atoms with Gasteiger partial charge < -0.3 is 15.5 Å². The number of hydrogen-bond acceptors (Lipinski definition) is 6.